The Kier molecular flexibility index (Phi) is 8.12. The summed E-state index contributed by atoms with van der Waals surface area (Å²) >= 11 is 1.20. The summed E-state index contributed by atoms with van der Waals surface area (Å²) in [6.07, 6.45) is 4.57. The molecule has 1 aromatic heterocycles. The van der Waals surface area contributed by atoms with Gasteiger partial charge in [0.25, 0.3) is 5.22 Å². The van der Waals surface area contributed by atoms with Crippen LogP contribution in [0.1, 0.15) is 46.5 Å². The zero-order valence-electron chi connectivity index (χ0n) is 18.2. The van der Waals surface area contributed by atoms with E-state index in [1.165, 1.54) is 22.5 Å². The highest BCUT2D eigenvalue weighted by atomic mass is 32.2. The number of carbonyl (C=O) groups excluding carboxylic acids is 1. The number of rotatable bonds is 9. The number of nitrogens with one attached hydrogen (secondary N) is 1. The third-order valence-electron chi connectivity index (χ3n) is 5.64. The second-order valence-corrected chi connectivity index (χ2v) is 10.6. The van der Waals surface area contributed by atoms with Gasteiger partial charge in [-0.15, -0.1) is 10.2 Å². The van der Waals surface area contributed by atoms with Crippen LogP contribution in [0.2, 0.25) is 0 Å². The van der Waals surface area contributed by atoms with Crippen molar-refractivity contribution in [1.82, 2.24) is 19.8 Å². The summed E-state index contributed by atoms with van der Waals surface area (Å²) in [5.74, 6) is 0.975. The molecule has 2 aromatic rings. The maximum atomic E-state index is 12.6. The molecule has 1 aliphatic carbocycles. The van der Waals surface area contributed by atoms with Crippen LogP contribution in [0, 0.1) is 5.92 Å². The maximum Gasteiger partial charge on any atom is 0.277 e. The molecule has 1 saturated carbocycles. The lowest BCUT2D eigenvalue weighted by Gasteiger charge is -2.29. The molecule has 3 rings (SSSR count). The van der Waals surface area contributed by atoms with E-state index in [0.29, 0.717) is 29.8 Å². The molecular weight excluding hydrogens is 436 g/mol. The molecule has 0 aliphatic heterocycles. The fourth-order valence-corrected chi connectivity index (χ4v) is 5.81. The lowest BCUT2D eigenvalue weighted by atomic mass is 9.86. The zero-order chi connectivity index (χ0) is 22.4. The summed E-state index contributed by atoms with van der Waals surface area (Å²) in [6, 6.07) is 6.62. The van der Waals surface area contributed by atoms with Gasteiger partial charge in [0.2, 0.25) is 21.8 Å². The van der Waals surface area contributed by atoms with Gasteiger partial charge in [0, 0.05) is 24.7 Å². The first-order valence-corrected chi connectivity index (χ1v) is 13.1. The van der Waals surface area contributed by atoms with E-state index in [9.17, 15) is 13.2 Å². The minimum Gasteiger partial charge on any atom is -0.411 e. The lowest BCUT2D eigenvalue weighted by molar-refractivity contribution is -0.119. The van der Waals surface area contributed by atoms with E-state index in [1.54, 1.807) is 24.3 Å². The average molecular weight is 467 g/mol. The molecule has 0 radical (unpaired) electrons. The molecule has 31 heavy (non-hydrogen) atoms. The number of carbonyl (C=O) groups is 1. The second-order valence-electron chi connectivity index (χ2n) is 7.71. The highest BCUT2D eigenvalue weighted by Gasteiger charge is 2.24. The van der Waals surface area contributed by atoms with Crippen LogP contribution in [0.25, 0.3) is 11.5 Å². The molecule has 170 valence electrons. The van der Waals surface area contributed by atoms with Gasteiger partial charge in [0.1, 0.15) is 0 Å². The van der Waals surface area contributed by atoms with Crippen molar-refractivity contribution < 1.29 is 17.6 Å². The molecule has 1 aliphatic rings. The van der Waals surface area contributed by atoms with Crippen LogP contribution in [-0.4, -0.2) is 53.7 Å². The topological polar surface area (TPSA) is 105 Å². The van der Waals surface area contributed by atoms with Crippen LogP contribution in [0.4, 0.5) is 0 Å². The van der Waals surface area contributed by atoms with Crippen LogP contribution in [0.3, 0.4) is 0 Å². The van der Waals surface area contributed by atoms with Gasteiger partial charge in [-0.05, 0) is 43.0 Å². The van der Waals surface area contributed by atoms with Crippen molar-refractivity contribution >= 4 is 27.7 Å². The molecule has 2 unspecified atom stereocenters. The van der Waals surface area contributed by atoms with Crippen molar-refractivity contribution in [3.05, 3.63) is 24.3 Å². The molecule has 0 bridgehead atoms. The Hall–Kier alpha value is -1.91. The average Bonchev–Trinajstić information content (AvgIpc) is 3.24. The highest BCUT2D eigenvalue weighted by molar-refractivity contribution is 7.99. The minimum atomic E-state index is -3.51. The van der Waals surface area contributed by atoms with Crippen molar-refractivity contribution in [3.8, 4) is 11.5 Å². The van der Waals surface area contributed by atoms with Crippen molar-refractivity contribution in [2.75, 3.05) is 18.8 Å². The maximum absolute atomic E-state index is 12.6. The quantitative estimate of drug-likeness (QED) is 0.563. The first-order valence-electron chi connectivity index (χ1n) is 10.7. The molecule has 10 heteroatoms. The van der Waals surface area contributed by atoms with Gasteiger partial charge in [0.05, 0.1) is 10.6 Å². The number of hydrogen-bond acceptors (Lipinski definition) is 7. The van der Waals surface area contributed by atoms with E-state index < -0.39 is 10.0 Å². The standard InChI is InChI=1S/C21H30N4O4S2/c1-4-25(5-2)31(27,28)17-12-10-16(11-13-17)20-23-24-21(29-20)30-14-19(26)22-18-9-7-6-8-15(18)3/h10-13,15,18H,4-9,14H2,1-3H3,(H,22,26). The number of nitrogens with zero attached hydrogens (tertiary/aromatic N) is 3. The summed E-state index contributed by atoms with van der Waals surface area (Å²) in [5.41, 5.74) is 0.623. The summed E-state index contributed by atoms with van der Waals surface area (Å²) in [7, 11) is -3.51. The normalized spacial score (nSPS) is 19.5. The molecule has 0 spiro atoms. The van der Waals surface area contributed by atoms with Crippen LogP contribution in [0.15, 0.2) is 38.8 Å². The molecule has 8 nitrogen and oxygen atoms in total. The number of thioether (sulfide) groups is 1. The van der Waals surface area contributed by atoms with E-state index in [4.69, 9.17) is 4.42 Å². The van der Waals surface area contributed by atoms with Crippen molar-refractivity contribution in [3.63, 3.8) is 0 Å². The fourth-order valence-electron chi connectivity index (χ4n) is 3.77. The molecule has 1 amide bonds. The Balaban J connectivity index is 1.58. The first kappa shape index (κ1) is 23.7. The smallest absolute Gasteiger partial charge is 0.277 e. The van der Waals surface area contributed by atoms with E-state index in [2.05, 4.69) is 22.4 Å². The van der Waals surface area contributed by atoms with Gasteiger partial charge in [-0.25, -0.2) is 8.42 Å². The van der Waals surface area contributed by atoms with E-state index in [-0.39, 0.29) is 28.5 Å². The van der Waals surface area contributed by atoms with E-state index >= 15 is 0 Å². The Morgan fingerprint density at radius 3 is 2.48 bits per heavy atom. The molecule has 1 fully saturated rings. The fraction of sp³-hybridized carbons (Fsp3) is 0.571. The van der Waals surface area contributed by atoms with E-state index in [1.807, 2.05) is 13.8 Å². The third kappa shape index (κ3) is 5.87. The van der Waals surface area contributed by atoms with Crippen LogP contribution in [0.5, 0.6) is 0 Å². The Morgan fingerprint density at radius 2 is 1.84 bits per heavy atom. The Labute approximate surface area is 188 Å². The summed E-state index contributed by atoms with van der Waals surface area (Å²) in [5, 5.41) is 11.4. The van der Waals surface area contributed by atoms with Crippen molar-refractivity contribution in [1.29, 1.82) is 0 Å². The number of benzene rings is 1. The molecule has 1 N–H and O–H groups in total. The van der Waals surface area contributed by atoms with Gasteiger partial charge < -0.3 is 9.73 Å². The summed E-state index contributed by atoms with van der Waals surface area (Å²) in [4.78, 5) is 12.5. The number of amides is 1. The highest BCUT2D eigenvalue weighted by Crippen LogP contribution is 2.26. The second kappa shape index (κ2) is 10.6. The summed E-state index contributed by atoms with van der Waals surface area (Å²) in [6.45, 7) is 6.63. The zero-order valence-corrected chi connectivity index (χ0v) is 19.8. The monoisotopic (exact) mass is 466 g/mol. The molecule has 1 aromatic carbocycles. The molecule has 0 saturated heterocycles. The van der Waals surface area contributed by atoms with Gasteiger partial charge in [-0.1, -0.05) is 45.4 Å². The SMILES string of the molecule is CCN(CC)S(=O)(=O)c1ccc(-c2nnc(SCC(=O)NC3CCCCC3C)o2)cc1. The Bertz CT molecular complexity index is 972. The van der Waals surface area contributed by atoms with Gasteiger partial charge >= 0.3 is 0 Å². The number of sulfonamides is 1. The predicted octanol–water partition coefficient (Wildman–Crippen LogP) is 3.55. The van der Waals surface area contributed by atoms with Crippen LogP contribution >= 0.6 is 11.8 Å². The first-order chi connectivity index (χ1) is 14.8. The van der Waals surface area contributed by atoms with Gasteiger partial charge in [-0.3, -0.25) is 4.79 Å². The number of aromatic nitrogens is 2. The molecule has 1 heterocycles. The van der Waals surface area contributed by atoms with Crippen molar-refractivity contribution in [2.45, 2.75) is 62.6 Å². The van der Waals surface area contributed by atoms with Crippen molar-refractivity contribution in [2.24, 2.45) is 5.92 Å². The summed E-state index contributed by atoms with van der Waals surface area (Å²) < 4.78 is 32.2. The predicted molar refractivity (Wildman–Crippen MR) is 120 cm³/mol. The largest absolute Gasteiger partial charge is 0.411 e. The number of hydrogen-bond donors (Lipinski definition) is 1. The molecule has 2 atom stereocenters. The van der Waals surface area contributed by atoms with Crippen LogP contribution in [-0.2, 0) is 14.8 Å². The van der Waals surface area contributed by atoms with Gasteiger partial charge in [0.15, 0.2) is 0 Å². The minimum absolute atomic E-state index is 0.0329. The third-order valence-corrected chi connectivity index (χ3v) is 8.52. The lowest BCUT2D eigenvalue weighted by Crippen LogP contribution is -2.41. The van der Waals surface area contributed by atoms with E-state index in [0.717, 1.165) is 19.3 Å². The van der Waals surface area contributed by atoms with Gasteiger partial charge in [-0.2, -0.15) is 4.31 Å². The Morgan fingerprint density at radius 1 is 1.16 bits per heavy atom. The molecular formula is C21H30N4O4S2. The van der Waals surface area contributed by atoms with Crippen LogP contribution < -0.4 is 5.32 Å².